The lowest BCUT2D eigenvalue weighted by Crippen LogP contribution is -2.62. The number of carbonyl (C=O) groups is 10. The number of H-pyrrole nitrogens is 1. The van der Waals surface area contributed by atoms with E-state index in [1.807, 2.05) is 6.26 Å². The Kier molecular flexibility index (Phi) is 23.4. The molecule has 26 nitrogen and oxygen atoms in total. The van der Waals surface area contributed by atoms with Crippen LogP contribution in [0.25, 0.3) is 0 Å². The molecule has 8 amide bonds. The van der Waals surface area contributed by atoms with Gasteiger partial charge in [0.05, 0.1) is 31.5 Å². The highest BCUT2D eigenvalue weighted by molar-refractivity contribution is 7.98. The zero-order valence-corrected chi connectivity index (χ0v) is 42.2. The van der Waals surface area contributed by atoms with Gasteiger partial charge >= 0.3 is 11.9 Å². The van der Waals surface area contributed by atoms with Gasteiger partial charge in [-0.15, -0.1) is 0 Å². The highest BCUT2D eigenvalue weighted by Gasteiger charge is 2.42. The van der Waals surface area contributed by atoms with Crippen LogP contribution in [0, 0.1) is 0 Å². The summed E-state index contributed by atoms with van der Waals surface area (Å²) in [6, 6.07) is 0.925. The second-order valence-corrected chi connectivity index (χ2v) is 18.8. The van der Waals surface area contributed by atoms with Gasteiger partial charge in [-0.1, -0.05) is 42.5 Å². The molecule has 408 valence electrons. The molecular formula is C48H65N11O15S. The molecule has 2 aromatic carbocycles. The van der Waals surface area contributed by atoms with Gasteiger partial charge < -0.3 is 78.4 Å². The predicted octanol–water partition coefficient (Wildman–Crippen LogP) is -3.44. The lowest BCUT2D eigenvalue weighted by Gasteiger charge is -2.31. The molecule has 1 saturated heterocycles. The van der Waals surface area contributed by atoms with Crippen molar-refractivity contribution in [3.05, 3.63) is 83.9 Å². The number of aromatic hydroxyl groups is 1. The number of benzene rings is 2. The van der Waals surface area contributed by atoms with Gasteiger partial charge in [0.1, 0.15) is 54.1 Å². The minimum absolute atomic E-state index is 0.0461. The van der Waals surface area contributed by atoms with Crippen LogP contribution in [0.15, 0.2) is 67.1 Å². The number of aliphatic carboxylic acids is 2. The van der Waals surface area contributed by atoms with Crippen molar-refractivity contribution in [2.24, 2.45) is 5.73 Å². The number of hydrogen-bond donors (Lipinski definition) is 14. The van der Waals surface area contributed by atoms with Crippen molar-refractivity contribution in [3.8, 4) is 5.75 Å². The van der Waals surface area contributed by atoms with E-state index in [0.717, 1.165) is 4.90 Å². The number of carboxylic acids is 2. The van der Waals surface area contributed by atoms with E-state index in [4.69, 9.17) is 10.8 Å². The minimum Gasteiger partial charge on any atom is -0.508 e. The number of nitrogens with two attached hydrogens (primary N) is 1. The van der Waals surface area contributed by atoms with Crippen LogP contribution in [0.5, 0.6) is 5.75 Å². The quantitative estimate of drug-likeness (QED) is 0.0322. The minimum atomic E-state index is -1.81. The second kappa shape index (κ2) is 29.3. The third-order valence-electron chi connectivity index (χ3n) is 12.0. The van der Waals surface area contributed by atoms with Crippen molar-refractivity contribution in [2.45, 2.75) is 119 Å². The first-order valence-electron chi connectivity index (χ1n) is 23.8. The maximum Gasteiger partial charge on any atom is 0.326 e. The van der Waals surface area contributed by atoms with Crippen LogP contribution in [-0.4, -0.2) is 185 Å². The maximum absolute atomic E-state index is 14.4. The Morgan fingerprint density at radius 1 is 0.733 bits per heavy atom. The SMILES string of the molecule is CSCC[C@H](N)C(=O)N[C@@H](CO)C(=O)N[C@@H](Cc1ccc(O)cc1)C(=O)N[C@@H](C)C(=O)N[C@@H](Cc1ccccc1)C(=O)N[C@@H](Cc1cnc[nH]1)C(=O)N[C@H](C(=O)N1CCC[C@H]1C(=O)N[C@@H](CC(=O)O)C(=O)O)[C@@H](C)O. The van der Waals surface area contributed by atoms with E-state index in [2.05, 4.69) is 47.2 Å². The maximum atomic E-state index is 14.4. The monoisotopic (exact) mass is 1070 g/mol. The first-order chi connectivity index (χ1) is 35.6. The third-order valence-corrected chi connectivity index (χ3v) is 12.6. The van der Waals surface area contributed by atoms with Gasteiger partial charge in [0, 0.05) is 37.7 Å². The highest BCUT2D eigenvalue weighted by atomic mass is 32.2. The van der Waals surface area contributed by atoms with E-state index in [1.165, 1.54) is 62.4 Å². The number of amides is 8. The van der Waals surface area contributed by atoms with Crippen LogP contribution in [-0.2, 0) is 67.2 Å². The summed E-state index contributed by atoms with van der Waals surface area (Å²) in [5.41, 5.74) is 7.29. The van der Waals surface area contributed by atoms with Crippen LogP contribution in [0.3, 0.4) is 0 Å². The predicted molar refractivity (Wildman–Crippen MR) is 268 cm³/mol. The highest BCUT2D eigenvalue weighted by Crippen LogP contribution is 2.20. The molecule has 4 rings (SSSR count). The number of thioether (sulfide) groups is 1. The molecule has 10 atom stereocenters. The average Bonchev–Trinajstić information content (AvgIpc) is 4.09. The molecule has 1 aromatic heterocycles. The first kappa shape index (κ1) is 59.9. The molecule has 0 unspecified atom stereocenters. The summed E-state index contributed by atoms with van der Waals surface area (Å²) in [5, 5.41) is 66.6. The van der Waals surface area contributed by atoms with Crippen molar-refractivity contribution in [3.63, 3.8) is 0 Å². The van der Waals surface area contributed by atoms with Gasteiger partial charge in [0.25, 0.3) is 0 Å². The number of aliphatic hydroxyl groups excluding tert-OH is 2. The van der Waals surface area contributed by atoms with Crippen LogP contribution in [0.2, 0.25) is 0 Å². The van der Waals surface area contributed by atoms with E-state index in [1.54, 1.807) is 30.3 Å². The molecule has 1 aliphatic heterocycles. The van der Waals surface area contributed by atoms with Crippen molar-refractivity contribution < 1.29 is 73.5 Å². The number of carbonyl (C=O) groups excluding carboxylic acids is 8. The number of aliphatic hydroxyl groups is 2. The molecule has 75 heavy (non-hydrogen) atoms. The number of nitrogens with one attached hydrogen (secondary N) is 8. The zero-order chi connectivity index (χ0) is 55.4. The number of hydrogen-bond acceptors (Lipinski definition) is 16. The number of phenols is 1. The molecule has 15 N–H and O–H groups in total. The Bertz CT molecular complexity index is 2450. The number of nitrogens with zero attached hydrogens (tertiary/aromatic N) is 2. The second-order valence-electron chi connectivity index (χ2n) is 17.8. The van der Waals surface area contributed by atoms with Gasteiger partial charge in [-0.3, -0.25) is 43.2 Å². The largest absolute Gasteiger partial charge is 0.508 e. The number of carboxylic acid groups (broad SMARTS) is 2. The number of imidazole rings is 1. The summed E-state index contributed by atoms with van der Waals surface area (Å²) in [4.78, 5) is 141. The molecule has 0 bridgehead atoms. The fourth-order valence-electron chi connectivity index (χ4n) is 7.80. The van der Waals surface area contributed by atoms with Crippen LogP contribution < -0.4 is 43.0 Å². The summed E-state index contributed by atoms with van der Waals surface area (Å²) < 4.78 is 0. The van der Waals surface area contributed by atoms with Gasteiger partial charge in [-0.25, -0.2) is 9.78 Å². The van der Waals surface area contributed by atoms with Crippen LogP contribution in [0.1, 0.15) is 56.4 Å². The smallest absolute Gasteiger partial charge is 0.326 e. The van der Waals surface area contributed by atoms with Crippen molar-refractivity contribution in [2.75, 3.05) is 25.2 Å². The molecule has 3 aromatic rings. The molecule has 0 aliphatic carbocycles. The molecule has 27 heteroatoms. The molecule has 0 radical (unpaired) electrons. The normalized spacial score (nSPS) is 16.7. The number of phenolic OH excluding ortho intramolecular Hbond substituents is 1. The van der Waals surface area contributed by atoms with Crippen molar-refractivity contribution in [1.82, 2.24) is 52.1 Å². The molecule has 2 heterocycles. The van der Waals surface area contributed by atoms with Crippen molar-refractivity contribution in [1.29, 1.82) is 0 Å². The van der Waals surface area contributed by atoms with Gasteiger partial charge in [0.2, 0.25) is 47.3 Å². The van der Waals surface area contributed by atoms with E-state index < -0.39 is 133 Å². The van der Waals surface area contributed by atoms with Crippen molar-refractivity contribution >= 4 is 71.0 Å². The van der Waals surface area contributed by atoms with Crippen LogP contribution in [0.4, 0.5) is 0 Å². The average molecular weight is 1070 g/mol. The van der Waals surface area contributed by atoms with Gasteiger partial charge in [0.15, 0.2) is 0 Å². The molecule has 0 spiro atoms. The lowest BCUT2D eigenvalue weighted by molar-refractivity contribution is -0.149. The molecule has 1 fully saturated rings. The topological polar surface area (TPSA) is 414 Å². The van der Waals surface area contributed by atoms with Gasteiger partial charge in [-0.05, 0) is 68.4 Å². The summed E-state index contributed by atoms with van der Waals surface area (Å²) in [7, 11) is 0. The number of aromatic nitrogens is 2. The summed E-state index contributed by atoms with van der Waals surface area (Å²) in [6.07, 6.45) is 1.91. The Balaban J connectivity index is 1.55. The number of aromatic amines is 1. The van der Waals surface area contributed by atoms with E-state index in [0.29, 0.717) is 22.6 Å². The van der Waals surface area contributed by atoms with Crippen LogP contribution >= 0.6 is 11.8 Å². The van der Waals surface area contributed by atoms with E-state index in [9.17, 15) is 68.4 Å². The Morgan fingerprint density at radius 2 is 1.29 bits per heavy atom. The zero-order valence-electron chi connectivity index (χ0n) is 41.4. The molecule has 0 saturated carbocycles. The standard InChI is InChI=1S/C48H65N11O15S/c1-25(52-42(67)32(19-28-11-13-30(62)14-12-28)54-45(70)36(23-60)57-41(66)31(49)15-17-75-3)40(65)53-33(18-27-8-5-4-6-9-27)43(68)55-34(20-29-22-50-24-51-29)44(69)58-39(26(2)61)47(72)59-16-7-10-37(59)46(71)56-35(48(73)74)21-38(63)64/h4-6,8-9,11-14,22,24-26,31-37,39,60-62H,7,10,15-21,23,49H2,1-3H3,(H,50,51)(H,52,67)(H,53,65)(H,54,70)(H,55,68)(H,56,71)(H,57,66)(H,58,69)(H,63,64)(H,73,74)/t25-,26+,31-,32-,33-,34-,35-,36-,37-,39-/m0/s1. The Labute approximate surface area is 435 Å². The Morgan fingerprint density at radius 3 is 1.85 bits per heavy atom. The Hall–Kier alpha value is -7.62. The fraction of sp³-hybridized carbons (Fsp3) is 0.479. The fourth-order valence-corrected chi connectivity index (χ4v) is 8.29. The summed E-state index contributed by atoms with van der Waals surface area (Å²) >= 11 is 1.45. The van der Waals surface area contributed by atoms with Gasteiger partial charge in [-0.2, -0.15) is 11.8 Å². The number of likely N-dealkylation sites (tertiary alicyclic amines) is 1. The third kappa shape index (κ3) is 18.7. The first-order valence-corrected chi connectivity index (χ1v) is 25.2. The number of rotatable bonds is 29. The molecular weight excluding hydrogens is 1000 g/mol. The summed E-state index contributed by atoms with van der Waals surface area (Å²) in [5.74, 6) is -9.94. The van der Waals surface area contributed by atoms with E-state index >= 15 is 0 Å². The molecule has 1 aliphatic rings. The summed E-state index contributed by atoms with van der Waals surface area (Å²) in [6.45, 7) is 1.58. The lowest BCUT2D eigenvalue weighted by atomic mass is 10.0. The van der Waals surface area contributed by atoms with E-state index in [-0.39, 0.29) is 50.8 Å².